The van der Waals surface area contributed by atoms with Crippen LogP contribution in [-0.2, 0) is 0 Å². The molecule has 0 amide bonds. The van der Waals surface area contributed by atoms with Gasteiger partial charge in [-0.1, -0.05) is 0 Å². The van der Waals surface area contributed by atoms with Crippen molar-refractivity contribution in [2.75, 3.05) is 45.4 Å². The van der Waals surface area contributed by atoms with E-state index in [1.165, 1.54) is 19.3 Å². The molecule has 1 aromatic carbocycles. The van der Waals surface area contributed by atoms with Gasteiger partial charge in [0, 0.05) is 30.9 Å². The SMILES string of the molecule is COc1cc(N(C)CC2(N(C)C)CCC2)ccc1N. The van der Waals surface area contributed by atoms with Crippen LogP contribution in [0.4, 0.5) is 11.4 Å². The fourth-order valence-electron chi connectivity index (χ4n) is 2.80. The first-order chi connectivity index (χ1) is 8.98. The second kappa shape index (κ2) is 5.29. The highest BCUT2D eigenvalue weighted by Gasteiger charge is 2.39. The average Bonchev–Trinajstić information content (AvgIpc) is 2.33. The van der Waals surface area contributed by atoms with E-state index in [0.717, 1.165) is 18.0 Å². The number of hydrogen-bond donors (Lipinski definition) is 1. The van der Waals surface area contributed by atoms with Gasteiger partial charge in [-0.05, 0) is 45.5 Å². The van der Waals surface area contributed by atoms with Gasteiger partial charge < -0.3 is 20.3 Å². The number of rotatable bonds is 5. The highest BCUT2D eigenvalue weighted by molar-refractivity contribution is 5.62. The van der Waals surface area contributed by atoms with Crippen molar-refractivity contribution in [2.24, 2.45) is 0 Å². The van der Waals surface area contributed by atoms with Crippen molar-refractivity contribution in [3.05, 3.63) is 18.2 Å². The molecule has 1 saturated carbocycles. The predicted molar refractivity (Wildman–Crippen MR) is 80.9 cm³/mol. The van der Waals surface area contributed by atoms with Crippen molar-refractivity contribution in [1.82, 2.24) is 4.90 Å². The summed E-state index contributed by atoms with van der Waals surface area (Å²) in [5.41, 5.74) is 8.02. The third kappa shape index (κ3) is 2.63. The van der Waals surface area contributed by atoms with E-state index in [2.05, 4.69) is 37.0 Å². The molecule has 0 saturated heterocycles. The van der Waals surface area contributed by atoms with E-state index in [1.807, 2.05) is 12.1 Å². The molecule has 1 aliphatic rings. The Labute approximate surface area is 116 Å². The lowest BCUT2D eigenvalue weighted by Crippen LogP contribution is -2.56. The number of hydrogen-bond acceptors (Lipinski definition) is 4. The standard InChI is InChI=1S/C15H25N3O/c1-17(2)15(8-5-9-15)11-18(3)12-6-7-13(16)14(10-12)19-4/h6-7,10H,5,8-9,11,16H2,1-4H3. The molecule has 1 aliphatic carbocycles. The maximum Gasteiger partial charge on any atom is 0.143 e. The molecule has 0 bridgehead atoms. The van der Waals surface area contributed by atoms with Crippen LogP contribution in [0.2, 0.25) is 0 Å². The van der Waals surface area contributed by atoms with Gasteiger partial charge in [-0.15, -0.1) is 0 Å². The Balaban J connectivity index is 2.13. The molecule has 0 aliphatic heterocycles. The van der Waals surface area contributed by atoms with Crippen molar-refractivity contribution in [2.45, 2.75) is 24.8 Å². The van der Waals surface area contributed by atoms with Crippen LogP contribution in [0.3, 0.4) is 0 Å². The van der Waals surface area contributed by atoms with Crippen LogP contribution in [0.25, 0.3) is 0 Å². The molecule has 1 fully saturated rings. The van der Waals surface area contributed by atoms with E-state index < -0.39 is 0 Å². The molecule has 0 heterocycles. The molecule has 0 radical (unpaired) electrons. The summed E-state index contributed by atoms with van der Waals surface area (Å²) in [6.07, 6.45) is 3.88. The highest BCUT2D eigenvalue weighted by atomic mass is 16.5. The quantitative estimate of drug-likeness (QED) is 0.827. The van der Waals surface area contributed by atoms with Crippen LogP contribution < -0.4 is 15.4 Å². The molecular formula is C15H25N3O. The van der Waals surface area contributed by atoms with Gasteiger partial charge >= 0.3 is 0 Å². The lowest BCUT2D eigenvalue weighted by molar-refractivity contribution is 0.0683. The zero-order chi connectivity index (χ0) is 14.0. The molecule has 4 heteroatoms. The normalized spacial score (nSPS) is 17.1. The molecule has 4 nitrogen and oxygen atoms in total. The fourth-order valence-corrected chi connectivity index (χ4v) is 2.80. The Hall–Kier alpha value is -1.42. The summed E-state index contributed by atoms with van der Waals surface area (Å²) >= 11 is 0. The zero-order valence-corrected chi connectivity index (χ0v) is 12.4. The molecule has 19 heavy (non-hydrogen) atoms. The van der Waals surface area contributed by atoms with E-state index in [9.17, 15) is 0 Å². The van der Waals surface area contributed by atoms with Gasteiger partial charge in [0.15, 0.2) is 0 Å². The fraction of sp³-hybridized carbons (Fsp3) is 0.600. The Bertz CT molecular complexity index is 441. The monoisotopic (exact) mass is 263 g/mol. The van der Waals surface area contributed by atoms with Gasteiger partial charge in [0.05, 0.1) is 12.8 Å². The molecule has 0 aromatic heterocycles. The summed E-state index contributed by atoms with van der Waals surface area (Å²) in [4.78, 5) is 4.66. The van der Waals surface area contributed by atoms with Crippen LogP contribution in [0.1, 0.15) is 19.3 Å². The van der Waals surface area contributed by atoms with Crippen LogP contribution in [0.5, 0.6) is 5.75 Å². The second-order valence-corrected chi connectivity index (χ2v) is 5.75. The molecule has 0 spiro atoms. The Morgan fingerprint density at radius 3 is 2.42 bits per heavy atom. The summed E-state index contributed by atoms with van der Waals surface area (Å²) in [6.45, 7) is 1.03. The first kappa shape index (κ1) is 14.0. The van der Waals surface area contributed by atoms with E-state index in [4.69, 9.17) is 10.5 Å². The number of likely N-dealkylation sites (N-methyl/N-ethyl adjacent to an activating group) is 2. The van der Waals surface area contributed by atoms with Crippen molar-refractivity contribution >= 4 is 11.4 Å². The number of nitrogen functional groups attached to an aromatic ring is 1. The Morgan fingerprint density at radius 2 is 1.95 bits per heavy atom. The molecule has 0 atom stereocenters. The number of anilines is 2. The summed E-state index contributed by atoms with van der Waals surface area (Å²) in [5, 5.41) is 0. The van der Waals surface area contributed by atoms with Crippen molar-refractivity contribution in [1.29, 1.82) is 0 Å². The molecule has 0 unspecified atom stereocenters. The summed E-state index contributed by atoms with van der Waals surface area (Å²) in [6, 6.07) is 5.98. The minimum absolute atomic E-state index is 0.323. The number of methoxy groups -OCH3 is 1. The minimum atomic E-state index is 0.323. The van der Waals surface area contributed by atoms with Gasteiger partial charge in [-0.2, -0.15) is 0 Å². The van der Waals surface area contributed by atoms with Crippen molar-refractivity contribution in [3.8, 4) is 5.75 Å². The van der Waals surface area contributed by atoms with Crippen LogP contribution in [0.15, 0.2) is 18.2 Å². The van der Waals surface area contributed by atoms with Crippen molar-refractivity contribution in [3.63, 3.8) is 0 Å². The molecule has 2 rings (SSSR count). The lowest BCUT2D eigenvalue weighted by Gasteiger charge is -2.49. The third-order valence-corrected chi connectivity index (χ3v) is 4.42. The number of benzene rings is 1. The lowest BCUT2D eigenvalue weighted by atomic mass is 9.75. The predicted octanol–water partition coefficient (Wildman–Crippen LogP) is 2.20. The van der Waals surface area contributed by atoms with Crippen LogP contribution in [0, 0.1) is 0 Å². The van der Waals surface area contributed by atoms with E-state index in [1.54, 1.807) is 7.11 Å². The maximum absolute atomic E-state index is 5.86. The van der Waals surface area contributed by atoms with Gasteiger partial charge in [-0.3, -0.25) is 0 Å². The number of ether oxygens (including phenoxy) is 1. The van der Waals surface area contributed by atoms with E-state index in [-0.39, 0.29) is 0 Å². The summed E-state index contributed by atoms with van der Waals surface area (Å²) < 4.78 is 5.29. The van der Waals surface area contributed by atoms with Crippen LogP contribution in [-0.4, -0.2) is 45.2 Å². The smallest absolute Gasteiger partial charge is 0.143 e. The topological polar surface area (TPSA) is 41.7 Å². The number of nitrogens with zero attached hydrogens (tertiary/aromatic N) is 2. The first-order valence-corrected chi connectivity index (χ1v) is 6.80. The largest absolute Gasteiger partial charge is 0.495 e. The van der Waals surface area contributed by atoms with Crippen molar-refractivity contribution < 1.29 is 4.74 Å². The molecule has 1 aromatic rings. The second-order valence-electron chi connectivity index (χ2n) is 5.75. The average molecular weight is 263 g/mol. The van der Waals surface area contributed by atoms with Gasteiger partial charge in [-0.25, -0.2) is 0 Å². The van der Waals surface area contributed by atoms with Gasteiger partial charge in [0.25, 0.3) is 0 Å². The van der Waals surface area contributed by atoms with E-state index >= 15 is 0 Å². The maximum atomic E-state index is 5.86. The third-order valence-electron chi connectivity index (χ3n) is 4.42. The minimum Gasteiger partial charge on any atom is -0.495 e. The first-order valence-electron chi connectivity index (χ1n) is 6.80. The highest BCUT2D eigenvalue weighted by Crippen LogP contribution is 2.38. The zero-order valence-electron chi connectivity index (χ0n) is 12.4. The molecule has 106 valence electrons. The van der Waals surface area contributed by atoms with E-state index in [0.29, 0.717) is 11.2 Å². The molecule has 2 N–H and O–H groups in total. The Kier molecular flexibility index (Phi) is 3.90. The van der Waals surface area contributed by atoms with Crippen LogP contribution >= 0.6 is 0 Å². The van der Waals surface area contributed by atoms with Gasteiger partial charge in [0.1, 0.15) is 5.75 Å². The molecular weight excluding hydrogens is 238 g/mol. The summed E-state index contributed by atoms with van der Waals surface area (Å²) in [7, 11) is 8.14. The Morgan fingerprint density at radius 1 is 1.26 bits per heavy atom. The summed E-state index contributed by atoms with van der Waals surface area (Å²) in [5.74, 6) is 0.747. The van der Waals surface area contributed by atoms with Gasteiger partial charge in [0.2, 0.25) is 0 Å². The number of nitrogens with two attached hydrogens (primary N) is 1.